The lowest BCUT2D eigenvalue weighted by atomic mass is 9.66. The average Bonchev–Trinajstić information content (AvgIpc) is 3.63. The minimum Gasteiger partial charge on any atom is -0.310 e. The van der Waals surface area contributed by atoms with Gasteiger partial charge in [-0.05, 0) is 118 Å². The summed E-state index contributed by atoms with van der Waals surface area (Å²) in [5, 5.41) is 0. The molecule has 54 heavy (non-hydrogen) atoms. The summed E-state index contributed by atoms with van der Waals surface area (Å²) in [6.07, 6.45) is 13.2. The zero-order valence-corrected chi connectivity index (χ0v) is 31.5. The molecule has 0 bridgehead atoms. The molecular weight excluding hydrogens is 651 g/mol. The van der Waals surface area contributed by atoms with Gasteiger partial charge in [0.05, 0.1) is 0 Å². The third kappa shape index (κ3) is 5.12. The lowest BCUT2D eigenvalue weighted by Gasteiger charge is -2.37. The van der Waals surface area contributed by atoms with Crippen LogP contribution in [0.2, 0.25) is 0 Å². The molecule has 0 fully saturated rings. The first kappa shape index (κ1) is 32.9. The predicted octanol–water partition coefficient (Wildman–Crippen LogP) is 14.0. The Kier molecular flexibility index (Phi) is 7.77. The molecule has 0 saturated heterocycles. The predicted molar refractivity (Wildman–Crippen MR) is 227 cm³/mol. The second-order valence-electron chi connectivity index (χ2n) is 16.5. The standard InChI is InChI=1S/C53H47N/c1-52(2)48-20-12-10-18-44(48)46-32-31-43(35-51(46)52)54(41-27-22-37(23-28-41)36-14-6-4-7-15-36)42-29-24-38(25-30-42)39-26-33-50-47(34-39)45-19-11-13-21-49(45)53(50,3)40-16-8-5-9-17-40/h4-11,13-19,21-33,35,39,47,50H,12,20,34H2,1-3H3/t39?,47?,50?,53-/m1/s1. The molecule has 4 atom stereocenters. The van der Waals surface area contributed by atoms with Crippen LogP contribution < -0.4 is 4.90 Å². The van der Waals surface area contributed by atoms with Gasteiger partial charge in [-0.15, -0.1) is 0 Å². The first-order valence-electron chi connectivity index (χ1n) is 19.8. The average molecular weight is 698 g/mol. The summed E-state index contributed by atoms with van der Waals surface area (Å²) in [5.41, 5.74) is 17.7. The molecule has 0 aromatic heterocycles. The fourth-order valence-corrected chi connectivity index (χ4v) is 10.6. The smallest absolute Gasteiger partial charge is 0.0465 e. The minimum atomic E-state index is -0.0279. The van der Waals surface area contributed by atoms with E-state index in [1.807, 2.05) is 0 Å². The third-order valence-corrected chi connectivity index (χ3v) is 13.4. The molecule has 0 heterocycles. The van der Waals surface area contributed by atoms with E-state index in [9.17, 15) is 0 Å². The van der Waals surface area contributed by atoms with Crippen LogP contribution in [0.1, 0.15) is 85.3 Å². The molecule has 0 saturated carbocycles. The number of fused-ring (bicyclic) bond motifs is 5. The van der Waals surface area contributed by atoms with Gasteiger partial charge in [0.1, 0.15) is 0 Å². The molecule has 10 rings (SSSR count). The molecule has 0 spiro atoms. The Hall–Kier alpha value is -5.66. The Bertz CT molecular complexity index is 2450. The van der Waals surface area contributed by atoms with Crippen LogP contribution in [0.5, 0.6) is 0 Å². The van der Waals surface area contributed by atoms with E-state index < -0.39 is 0 Å². The number of anilines is 3. The number of hydrogen-bond donors (Lipinski definition) is 0. The highest BCUT2D eigenvalue weighted by molar-refractivity contribution is 5.89. The molecule has 4 aliphatic rings. The van der Waals surface area contributed by atoms with Gasteiger partial charge < -0.3 is 4.90 Å². The van der Waals surface area contributed by atoms with Crippen LogP contribution in [0.3, 0.4) is 0 Å². The van der Waals surface area contributed by atoms with Crippen molar-refractivity contribution in [2.75, 3.05) is 4.90 Å². The van der Waals surface area contributed by atoms with Crippen molar-refractivity contribution in [2.24, 2.45) is 5.92 Å². The summed E-state index contributed by atoms with van der Waals surface area (Å²) in [6.45, 7) is 7.30. The van der Waals surface area contributed by atoms with Gasteiger partial charge in [0, 0.05) is 33.8 Å². The van der Waals surface area contributed by atoms with E-state index in [0.29, 0.717) is 17.8 Å². The van der Waals surface area contributed by atoms with Crippen LogP contribution in [0.4, 0.5) is 17.1 Å². The highest BCUT2D eigenvalue weighted by Crippen LogP contribution is 2.59. The normalized spacial score (nSPS) is 23.1. The zero-order valence-electron chi connectivity index (χ0n) is 31.5. The molecular formula is C53H47N. The van der Waals surface area contributed by atoms with Crippen molar-refractivity contribution in [1.82, 2.24) is 0 Å². The van der Waals surface area contributed by atoms with E-state index in [1.54, 1.807) is 5.57 Å². The molecule has 1 heteroatoms. The number of benzene rings is 6. The van der Waals surface area contributed by atoms with E-state index in [-0.39, 0.29) is 10.8 Å². The van der Waals surface area contributed by atoms with Gasteiger partial charge >= 0.3 is 0 Å². The Balaban J connectivity index is 1.01. The Labute approximate surface area is 321 Å². The second-order valence-corrected chi connectivity index (χ2v) is 16.5. The summed E-state index contributed by atoms with van der Waals surface area (Å²) in [6, 6.07) is 56.8. The Morgan fingerprint density at radius 2 is 1.24 bits per heavy atom. The van der Waals surface area contributed by atoms with Gasteiger partial charge in [-0.25, -0.2) is 0 Å². The first-order valence-corrected chi connectivity index (χ1v) is 19.8. The van der Waals surface area contributed by atoms with E-state index in [0.717, 1.165) is 19.3 Å². The van der Waals surface area contributed by atoms with Crippen LogP contribution in [-0.4, -0.2) is 0 Å². The lowest BCUT2D eigenvalue weighted by Crippen LogP contribution is -2.31. The third-order valence-electron chi connectivity index (χ3n) is 13.4. The number of allylic oxidation sites excluding steroid dienone is 6. The highest BCUT2D eigenvalue weighted by Gasteiger charge is 2.50. The van der Waals surface area contributed by atoms with Crippen molar-refractivity contribution >= 4 is 22.6 Å². The van der Waals surface area contributed by atoms with Crippen LogP contribution in [-0.2, 0) is 10.8 Å². The summed E-state index contributed by atoms with van der Waals surface area (Å²) in [7, 11) is 0. The van der Waals surface area contributed by atoms with E-state index in [2.05, 4.69) is 202 Å². The number of hydrogen-bond acceptors (Lipinski definition) is 1. The lowest BCUT2D eigenvalue weighted by molar-refractivity contribution is 0.359. The fourth-order valence-electron chi connectivity index (χ4n) is 10.6. The SMILES string of the molecule is CC1(C)C2=C(C=CCC2)c2ccc(N(c3ccc(-c4ccccc4)cc3)c3ccc(C4C=CC5C(C4)c4ccccc4[C@@]5(C)c4ccccc4)cc3)cc21. The Morgan fingerprint density at radius 1 is 0.593 bits per heavy atom. The highest BCUT2D eigenvalue weighted by atomic mass is 15.1. The molecule has 4 aliphatic carbocycles. The van der Waals surface area contributed by atoms with E-state index >= 15 is 0 Å². The molecule has 0 radical (unpaired) electrons. The molecule has 1 nitrogen and oxygen atoms in total. The van der Waals surface area contributed by atoms with Gasteiger partial charge in [0.15, 0.2) is 0 Å². The van der Waals surface area contributed by atoms with Gasteiger partial charge in [-0.3, -0.25) is 0 Å². The fraction of sp³-hybridized carbons (Fsp3) is 0.208. The maximum absolute atomic E-state index is 2.55. The summed E-state index contributed by atoms with van der Waals surface area (Å²) < 4.78 is 0. The van der Waals surface area contributed by atoms with Crippen molar-refractivity contribution in [1.29, 1.82) is 0 Å². The topological polar surface area (TPSA) is 3.24 Å². The van der Waals surface area contributed by atoms with E-state index in [1.165, 1.54) is 67.1 Å². The van der Waals surface area contributed by atoms with Gasteiger partial charge in [0.2, 0.25) is 0 Å². The summed E-state index contributed by atoms with van der Waals surface area (Å²) in [5.74, 6) is 1.31. The van der Waals surface area contributed by atoms with Crippen molar-refractivity contribution in [3.63, 3.8) is 0 Å². The molecule has 264 valence electrons. The molecule has 0 aliphatic heterocycles. The Morgan fingerprint density at radius 3 is 2.00 bits per heavy atom. The van der Waals surface area contributed by atoms with Crippen molar-refractivity contribution < 1.29 is 0 Å². The molecule has 0 amide bonds. The van der Waals surface area contributed by atoms with Gasteiger partial charge in [-0.1, -0.05) is 166 Å². The monoisotopic (exact) mass is 697 g/mol. The minimum absolute atomic E-state index is 0.0127. The van der Waals surface area contributed by atoms with Crippen molar-refractivity contribution in [3.8, 4) is 11.1 Å². The molecule has 6 aromatic carbocycles. The quantitative estimate of drug-likeness (QED) is 0.157. The molecule has 0 N–H and O–H groups in total. The van der Waals surface area contributed by atoms with Crippen LogP contribution in [0.15, 0.2) is 182 Å². The summed E-state index contributed by atoms with van der Waals surface area (Å²) >= 11 is 0. The second kappa shape index (κ2) is 12.7. The van der Waals surface area contributed by atoms with Crippen LogP contribution in [0.25, 0.3) is 16.7 Å². The van der Waals surface area contributed by atoms with Crippen LogP contribution in [0, 0.1) is 5.92 Å². The first-order chi connectivity index (χ1) is 26.4. The van der Waals surface area contributed by atoms with Crippen LogP contribution >= 0.6 is 0 Å². The van der Waals surface area contributed by atoms with Gasteiger partial charge in [-0.2, -0.15) is 0 Å². The van der Waals surface area contributed by atoms with Gasteiger partial charge in [0.25, 0.3) is 0 Å². The van der Waals surface area contributed by atoms with Crippen molar-refractivity contribution in [3.05, 3.63) is 215 Å². The summed E-state index contributed by atoms with van der Waals surface area (Å²) in [4.78, 5) is 2.45. The van der Waals surface area contributed by atoms with Crippen molar-refractivity contribution in [2.45, 2.75) is 62.7 Å². The largest absolute Gasteiger partial charge is 0.310 e. The zero-order chi connectivity index (χ0) is 36.4. The molecule has 3 unspecified atom stereocenters. The number of rotatable bonds is 6. The maximum Gasteiger partial charge on any atom is 0.0465 e. The number of nitrogens with zero attached hydrogens (tertiary/aromatic N) is 1. The maximum atomic E-state index is 2.55. The molecule has 6 aromatic rings. The van der Waals surface area contributed by atoms with E-state index in [4.69, 9.17) is 0 Å².